The summed E-state index contributed by atoms with van der Waals surface area (Å²) < 4.78 is 0. The molecule has 0 atom stereocenters. The Hall–Kier alpha value is -3.52. The van der Waals surface area contributed by atoms with Crippen LogP contribution in [0.4, 0.5) is 23.3 Å². The molecule has 1 aliphatic heterocycles. The fourth-order valence-electron chi connectivity index (χ4n) is 4.30. The van der Waals surface area contributed by atoms with Crippen molar-refractivity contribution in [1.82, 2.24) is 25.6 Å². The van der Waals surface area contributed by atoms with Gasteiger partial charge in [0.15, 0.2) is 0 Å². The highest BCUT2D eigenvalue weighted by atomic mass is 16.1. The Morgan fingerprint density at radius 3 is 2.76 bits per heavy atom. The molecule has 0 spiro atoms. The van der Waals surface area contributed by atoms with Crippen molar-refractivity contribution in [3.63, 3.8) is 0 Å². The minimum atomic E-state index is -0.222. The first-order valence-electron chi connectivity index (χ1n) is 12.1. The number of anilines is 4. The maximum absolute atomic E-state index is 12.8. The minimum Gasteiger partial charge on any atom is -0.350 e. The topological polar surface area (TPSA) is 104 Å². The normalized spacial score (nSPS) is 15.4. The van der Waals surface area contributed by atoms with Crippen LogP contribution in [0.15, 0.2) is 42.6 Å². The number of amides is 1. The van der Waals surface area contributed by atoms with E-state index in [1.165, 1.54) is 30.4 Å². The van der Waals surface area contributed by atoms with Gasteiger partial charge in [0.1, 0.15) is 17.2 Å². The van der Waals surface area contributed by atoms with Crippen molar-refractivity contribution < 1.29 is 4.79 Å². The smallest absolute Gasteiger partial charge is 0.256 e. The lowest BCUT2D eigenvalue weighted by Gasteiger charge is -2.25. The van der Waals surface area contributed by atoms with Crippen LogP contribution in [0, 0.1) is 0 Å². The molecule has 0 radical (unpaired) electrons. The second kappa shape index (κ2) is 9.77. The Kier molecular flexibility index (Phi) is 6.40. The van der Waals surface area contributed by atoms with E-state index in [4.69, 9.17) is 4.98 Å². The Morgan fingerprint density at radius 2 is 1.97 bits per heavy atom. The van der Waals surface area contributed by atoms with Crippen LogP contribution in [0.2, 0.25) is 0 Å². The molecule has 5 rings (SSSR count). The molecule has 0 unspecified atom stereocenters. The summed E-state index contributed by atoms with van der Waals surface area (Å²) in [5.74, 6) is 1.82. The SMILES string of the molecule is CC(C)NC(=O)c1cnc(Nc2ccc3c(c2)CCNC3)nc1Nc1cccc(C2CCC2)n1. The summed E-state index contributed by atoms with van der Waals surface area (Å²) >= 11 is 0. The monoisotopic (exact) mass is 457 g/mol. The van der Waals surface area contributed by atoms with Gasteiger partial charge in [-0.3, -0.25) is 4.79 Å². The number of aromatic nitrogens is 3. The zero-order valence-corrected chi connectivity index (χ0v) is 19.7. The predicted molar refractivity (Wildman–Crippen MR) is 134 cm³/mol. The van der Waals surface area contributed by atoms with Crippen molar-refractivity contribution in [2.45, 2.75) is 58.0 Å². The lowest BCUT2D eigenvalue weighted by atomic mass is 9.83. The zero-order chi connectivity index (χ0) is 23.5. The van der Waals surface area contributed by atoms with E-state index >= 15 is 0 Å². The predicted octanol–water partition coefficient (Wildman–Crippen LogP) is 4.41. The van der Waals surface area contributed by atoms with Crippen molar-refractivity contribution in [1.29, 1.82) is 0 Å². The molecule has 2 aliphatic rings. The van der Waals surface area contributed by atoms with Crippen molar-refractivity contribution in [2.24, 2.45) is 0 Å². The highest BCUT2D eigenvalue weighted by Crippen LogP contribution is 2.35. The van der Waals surface area contributed by atoms with Gasteiger partial charge in [-0.1, -0.05) is 18.6 Å². The Balaban J connectivity index is 1.43. The highest BCUT2D eigenvalue weighted by Gasteiger charge is 2.22. The highest BCUT2D eigenvalue weighted by molar-refractivity contribution is 5.99. The Bertz CT molecular complexity index is 1190. The van der Waals surface area contributed by atoms with Gasteiger partial charge in [0.25, 0.3) is 5.91 Å². The van der Waals surface area contributed by atoms with Gasteiger partial charge in [0.05, 0.1) is 0 Å². The number of rotatable bonds is 7. The van der Waals surface area contributed by atoms with Crippen LogP contribution in [0.5, 0.6) is 0 Å². The molecule has 1 aliphatic carbocycles. The molecule has 4 N–H and O–H groups in total. The summed E-state index contributed by atoms with van der Waals surface area (Å²) in [6.45, 7) is 5.73. The lowest BCUT2D eigenvalue weighted by molar-refractivity contribution is 0.0943. The van der Waals surface area contributed by atoms with E-state index in [1.54, 1.807) is 6.20 Å². The van der Waals surface area contributed by atoms with E-state index in [2.05, 4.69) is 49.4 Å². The summed E-state index contributed by atoms with van der Waals surface area (Å²) in [6, 6.07) is 12.3. The molecular weight excluding hydrogens is 426 g/mol. The molecule has 3 aromatic rings. The van der Waals surface area contributed by atoms with E-state index in [-0.39, 0.29) is 11.9 Å². The minimum absolute atomic E-state index is 0.00297. The molecule has 8 nitrogen and oxygen atoms in total. The fourth-order valence-corrected chi connectivity index (χ4v) is 4.30. The first-order valence-corrected chi connectivity index (χ1v) is 12.1. The summed E-state index contributed by atoms with van der Waals surface area (Å²) in [7, 11) is 0. The zero-order valence-electron chi connectivity index (χ0n) is 19.7. The molecule has 1 saturated carbocycles. The molecule has 34 heavy (non-hydrogen) atoms. The molecule has 0 bridgehead atoms. The summed E-state index contributed by atoms with van der Waals surface area (Å²) in [6.07, 6.45) is 6.17. The van der Waals surface area contributed by atoms with Crippen LogP contribution in [0.3, 0.4) is 0 Å². The van der Waals surface area contributed by atoms with Crippen LogP contribution in [0.25, 0.3) is 0 Å². The second-order valence-electron chi connectivity index (χ2n) is 9.32. The number of nitrogens with one attached hydrogen (secondary N) is 4. The lowest BCUT2D eigenvalue weighted by Crippen LogP contribution is -2.31. The third-order valence-electron chi connectivity index (χ3n) is 6.34. The Morgan fingerprint density at radius 1 is 1.09 bits per heavy atom. The number of nitrogens with zero attached hydrogens (tertiary/aromatic N) is 3. The maximum Gasteiger partial charge on any atom is 0.256 e. The van der Waals surface area contributed by atoms with Gasteiger partial charge >= 0.3 is 0 Å². The van der Waals surface area contributed by atoms with E-state index in [0.29, 0.717) is 29.1 Å². The van der Waals surface area contributed by atoms with E-state index in [9.17, 15) is 4.79 Å². The standard InChI is InChI=1S/C26H31N7O/c1-16(2)29-25(34)21-15-28-26(30-20-10-9-19-14-27-12-11-18(19)13-20)33-24(21)32-23-8-4-7-22(31-23)17-5-3-6-17/h4,7-10,13,15-17,27H,3,5-6,11-12,14H2,1-2H3,(H,29,34)(H2,28,30,31,32,33). The molecule has 3 heterocycles. The van der Waals surface area contributed by atoms with Gasteiger partial charge in [-0.15, -0.1) is 0 Å². The van der Waals surface area contributed by atoms with E-state index in [0.717, 1.165) is 30.9 Å². The molecule has 2 aromatic heterocycles. The average molecular weight is 458 g/mol. The molecule has 1 fully saturated rings. The van der Waals surface area contributed by atoms with Crippen molar-refractivity contribution in [3.05, 3.63) is 65.0 Å². The maximum atomic E-state index is 12.8. The van der Waals surface area contributed by atoms with E-state index < -0.39 is 0 Å². The largest absolute Gasteiger partial charge is 0.350 e. The van der Waals surface area contributed by atoms with Gasteiger partial charge in [-0.25, -0.2) is 9.97 Å². The summed E-state index contributed by atoms with van der Waals surface area (Å²) in [5, 5.41) is 12.9. The Labute approximate surface area is 200 Å². The van der Waals surface area contributed by atoms with Gasteiger partial charge in [0, 0.05) is 36.1 Å². The van der Waals surface area contributed by atoms with Crippen molar-refractivity contribution in [2.75, 3.05) is 17.2 Å². The van der Waals surface area contributed by atoms with Gasteiger partial charge in [0.2, 0.25) is 5.95 Å². The number of pyridine rings is 1. The average Bonchev–Trinajstić information content (AvgIpc) is 2.78. The van der Waals surface area contributed by atoms with Crippen LogP contribution in [0.1, 0.15) is 66.2 Å². The van der Waals surface area contributed by atoms with Crippen molar-refractivity contribution >= 4 is 29.2 Å². The van der Waals surface area contributed by atoms with Crippen LogP contribution in [-0.4, -0.2) is 33.4 Å². The van der Waals surface area contributed by atoms with Crippen LogP contribution in [-0.2, 0) is 13.0 Å². The number of hydrogen-bond donors (Lipinski definition) is 4. The number of carbonyl (C=O) groups is 1. The van der Waals surface area contributed by atoms with Gasteiger partial charge in [-0.05, 0) is 75.0 Å². The first kappa shape index (κ1) is 22.3. The molecule has 8 heteroatoms. The third kappa shape index (κ3) is 5.02. The summed E-state index contributed by atoms with van der Waals surface area (Å²) in [4.78, 5) is 26.7. The van der Waals surface area contributed by atoms with E-state index in [1.807, 2.05) is 32.0 Å². The van der Waals surface area contributed by atoms with Gasteiger partial charge < -0.3 is 21.3 Å². The molecule has 176 valence electrons. The van der Waals surface area contributed by atoms with Crippen molar-refractivity contribution in [3.8, 4) is 0 Å². The first-order chi connectivity index (χ1) is 16.5. The number of hydrogen-bond acceptors (Lipinski definition) is 7. The quantitative estimate of drug-likeness (QED) is 0.417. The second-order valence-corrected chi connectivity index (χ2v) is 9.32. The molecule has 1 aromatic carbocycles. The summed E-state index contributed by atoms with van der Waals surface area (Å²) in [5.41, 5.74) is 5.04. The van der Waals surface area contributed by atoms with Gasteiger partial charge in [-0.2, -0.15) is 4.98 Å². The molecule has 0 saturated heterocycles. The number of benzene rings is 1. The van der Waals surface area contributed by atoms with Crippen LogP contribution < -0.4 is 21.3 Å². The molecule has 1 amide bonds. The fraction of sp³-hybridized carbons (Fsp3) is 0.385. The number of fused-ring (bicyclic) bond motifs is 1. The van der Waals surface area contributed by atoms with Crippen LogP contribution >= 0.6 is 0 Å². The number of carbonyl (C=O) groups excluding carboxylic acids is 1. The third-order valence-corrected chi connectivity index (χ3v) is 6.34. The molecular formula is C26H31N7O.